The van der Waals surface area contributed by atoms with E-state index in [9.17, 15) is 9.59 Å². The highest BCUT2D eigenvalue weighted by Gasteiger charge is 2.22. The molecule has 0 bridgehead atoms. The first-order valence-electron chi connectivity index (χ1n) is 8.80. The van der Waals surface area contributed by atoms with Gasteiger partial charge in [-0.2, -0.15) is 0 Å². The van der Waals surface area contributed by atoms with E-state index >= 15 is 0 Å². The number of rotatable bonds is 5. The Labute approximate surface area is 163 Å². The predicted octanol–water partition coefficient (Wildman–Crippen LogP) is 4.31. The molecule has 6 heteroatoms. The van der Waals surface area contributed by atoms with E-state index in [0.29, 0.717) is 16.2 Å². The molecule has 27 heavy (non-hydrogen) atoms. The molecule has 1 heterocycles. The quantitative estimate of drug-likeness (QED) is 0.756. The summed E-state index contributed by atoms with van der Waals surface area (Å²) in [5, 5.41) is 5.82. The van der Waals surface area contributed by atoms with Crippen molar-refractivity contribution in [2.24, 2.45) is 0 Å². The average Bonchev–Trinajstić information content (AvgIpc) is 2.68. The van der Waals surface area contributed by atoms with Crippen LogP contribution in [-0.2, 0) is 4.79 Å². The molecule has 0 aliphatic carbocycles. The van der Waals surface area contributed by atoms with Gasteiger partial charge in [-0.25, -0.2) is 0 Å². The number of fused-ring (bicyclic) bond motifs is 1. The summed E-state index contributed by atoms with van der Waals surface area (Å²) in [5.41, 5.74) is 2.12. The zero-order valence-corrected chi connectivity index (χ0v) is 16.4. The number of thioether (sulfide) groups is 1. The molecule has 0 fully saturated rings. The fraction of sp³-hybridized carbons (Fsp3) is 0.238. The van der Waals surface area contributed by atoms with Crippen molar-refractivity contribution in [2.75, 3.05) is 12.4 Å². The second kappa shape index (κ2) is 8.31. The van der Waals surface area contributed by atoms with Gasteiger partial charge in [0.25, 0.3) is 11.8 Å². The normalized spacial score (nSPS) is 15.7. The zero-order chi connectivity index (χ0) is 19.4. The van der Waals surface area contributed by atoms with Crippen molar-refractivity contribution in [1.29, 1.82) is 0 Å². The van der Waals surface area contributed by atoms with Crippen LogP contribution in [0.2, 0.25) is 0 Å². The minimum absolute atomic E-state index is 0.108. The van der Waals surface area contributed by atoms with Crippen LogP contribution in [0, 0.1) is 0 Å². The summed E-state index contributed by atoms with van der Waals surface area (Å²) in [5.74, 6) is 0.459. The lowest BCUT2D eigenvalue weighted by molar-refractivity contribution is -0.112. The highest BCUT2D eigenvalue weighted by Crippen LogP contribution is 2.39. The molecule has 0 saturated heterocycles. The number of benzene rings is 2. The largest absolute Gasteiger partial charge is 0.497 e. The lowest BCUT2D eigenvalue weighted by Crippen LogP contribution is -2.32. The highest BCUT2D eigenvalue weighted by atomic mass is 32.2. The smallest absolute Gasteiger partial charge is 0.262 e. The third-order valence-electron chi connectivity index (χ3n) is 4.34. The van der Waals surface area contributed by atoms with Crippen LogP contribution in [0.4, 0.5) is 5.69 Å². The van der Waals surface area contributed by atoms with Gasteiger partial charge in [0.1, 0.15) is 5.75 Å². The molecular weight excluding hydrogens is 360 g/mol. The number of carbonyl (C=O) groups excluding carboxylic acids is 2. The van der Waals surface area contributed by atoms with Crippen molar-refractivity contribution < 1.29 is 14.3 Å². The first kappa shape index (κ1) is 19.0. The molecule has 0 radical (unpaired) electrons. The number of hydrogen-bond donors (Lipinski definition) is 2. The first-order chi connectivity index (χ1) is 13.0. The van der Waals surface area contributed by atoms with Crippen LogP contribution in [0.1, 0.15) is 36.2 Å². The average molecular weight is 382 g/mol. The van der Waals surface area contributed by atoms with Gasteiger partial charge in [-0.3, -0.25) is 9.59 Å². The highest BCUT2D eigenvalue weighted by molar-refractivity contribution is 8.04. The number of amides is 2. The van der Waals surface area contributed by atoms with Crippen molar-refractivity contribution in [3.63, 3.8) is 0 Å². The van der Waals surface area contributed by atoms with Crippen LogP contribution in [0.5, 0.6) is 5.75 Å². The van der Waals surface area contributed by atoms with Crippen molar-refractivity contribution >= 4 is 35.3 Å². The van der Waals surface area contributed by atoms with E-state index in [4.69, 9.17) is 4.74 Å². The molecule has 2 aromatic rings. The molecule has 140 valence electrons. The maximum atomic E-state index is 12.5. The summed E-state index contributed by atoms with van der Waals surface area (Å²) < 4.78 is 5.15. The van der Waals surface area contributed by atoms with Gasteiger partial charge >= 0.3 is 0 Å². The summed E-state index contributed by atoms with van der Waals surface area (Å²) in [4.78, 5) is 26.3. The number of methoxy groups -OCH3 is 1. The fourth-order valence-corrected chi connectivity index (χ4v) is 3.49. The Balaban J connectivity index is 1.80. The molecule has 5 nitrogen and oxygen atoms in total. The first-order valence-corrected chi connectivity index (χ1v) is 9.61. The molecule has 0 spiro atoms. The zero-order valence-electron chi connectivity index (χ0n) is 15.5. The van der Waals surface area contributed by atoms with E-state index in [0.717, 1.165) is 22.6 Å². The van der Waals surface area contributed by atoms with Gasteiger partial charge < -0.3 is 15.4 Å². The summed E-state index contributed by atoms with van der Waals surface area (Å²) >= 11 is 1.39. The lowest BCUT2D eigenvalue weighted by Gasteiger charge is -2.20. The van der Waals surface area contributed by atoms with E-state index < -0.39 is 0 Å². The van der Waals surface area contributed by atoms with Crippen molar-refractivity contribution in [2.45, 2.75) is 31.2 Å². The standard InChI is InChI=1S/C21H22N2O3S/c1-4-13(2)22-20(24)15-7-10-18-17(12-15)23-21(25)19(27-18)11-14-5-8-16(26-3)9-6-14/h5-13H,4H2,1-3H3,(H,22,24)(H,23,25)/b19-11+/t13-/m1/s1. The molecule has 3 rings (SSSR count). The molecule has 1 aliphatic rings. The van der Waals surface area contributed by atoms with E-state index in [1.807, 2.05) is 50.3 Å². The number of hydrogen-bond acceptors (Lipinski definition) is 4. The lowest BCUT2D eigenvalue weighted by atomic mass is 10.1. The molecule has 1 atom stereocenters. The van der Waals surface area contributed by atoms with Gasteiger partial charge in [0.2, 0.25) is 0 Å². The fourth-order valence-electron chi connectivity index (χ4n) is 2.56. The van der Waals surface area contributed by atoms with E-state index in [1.54, 1.807) is 19.2 Å². The molecule has 2 N–H and O–H groups in total. The van der Waals surface area contributed by atoms with Crippen LogP contribution in [-0.4, -0.2) is 25.0 Å². The van der Waals surface area contributed by atoms with Gasteiger partial charge in [-0.05, 0) is 55.3 Å². The van der Waals surface area contributed by atoms with Crippen molar-refractivity contribution in [1.82, 2.24) is 5.32 Å². The Hall–Kier alpha value is -2.73. The van der Waals surface area contributed by atoms with E-state index in [1.165, 1.54) is 11.8 Å². The van der Waals surface area contributed by atoms with Crippen LogP contribution in [0.15, 0.2) is 52.3 Å². The topological polar surface area (TPSA) is 67.4 Å². The monoisotopic (exact) mass is 382 g/mol. The van der Waals surface area contributed by atoms with Gasteiger partial charge in [0.05, 0.1) is 17.7 Å². The summed E-state index contributed by atoms with van der Waals surface area (Å²) in [6.45, 7) is 3.98. The number of carbonyl (C=O) groups is 2. The molecular formula is C21H22N2O3S. The summed E-state index contributed by atoms with van der Waals surface area (Å²) in [6.07, 6.45) is 2.70. The van der Waals surface area contributed by atoms with Crippen molar-refractivity contribution in [3.8, 4) is 5.75 Å². The molecule has 2 aromatic carbocycles. The SMILES string of the molecule is CC[C@@H](C)NC(=O)c1ccc2c(c1)NC(=O)/C(=C\c1ccc(OC)cc1)S2. The van der Waals surface area contributed by atoms with Gasteiger partial charge in [0, 0.05) is 16.5 Å². The van der Waals surface area contributed by atoms with Crippen LogP contribution < -0.4 is 15.4 Å². The second-order valence-electron chi connectivity index (χ2n) is 6.33. The number of ether oxygens (including phenoxy) is 1. The van der Waals surface area contributed by atoms with Gasteiger partial charge in [-0.1, -0.05) is 30.8 Å². The van der Waals surface area contributed by atoms with Crippen molar-refractivity contribution in [3.05, 3.63) is 58.5 Å². The molecule has 0 unspecified atom stereocenters. The maximum Gasteiger partial charge on any atom is 0.262 e. The third kappa shape index (κ3) is 4.52. The molecule has 2 amide bonds. The van der Waals surface area contributed by atoms with Gasteiger partial charge in [0.15, 0.2) is 0 Å². The maximum absolute atomic E-state index is 12.5. The predicted molar refractivity (Wildman–Crippen MR) is 109 cm³/mol. The van der Waals surface area contributed by atoms with Gasteiger partial charge in [-0.15, -0.1) is 0 Å². The third-order valence-corrected chi connectivity index (χ3v) is 5.44. The Kier molecular flexibility index (Phi) is 5.86. The summed E-state index contributed by atoms with van der Waals surface area (Å²) in [6, 6.07) is 13.0. The molecule has 0 saturated carbocycles. The van der Waals surface area contributed by atoms with E-state index in [2.05, 4.69) is 10.6 Å². The Morgan fingerprint density at radius 2 is 2.00 bits per heavy atom. The van der Waals surface area contributed by atoms with Crippen LogP contribution >= 0.6 is 11.8 Å². The van der Waals surface area contributed by atoms with Crippen LogP contribution in [0.3, 0.4) is 0 Å². The second-order valence-corrected chi connectivity index (χ2v) is 7.42. The number of nitrogens with one attached hydrogen (secondary N) is 2. The van der Waals surface area contributed by atoms with Crippen LogP contribution in [0.25, 0.3) is 6.08 Å². The summed E-state index contributed by atoms with van der Waals surface area (Å²) in [7, 11) is 1.62. The molecule has 1 aliphatic heterocycles. The number of anilines is 1. The minimum atomic E-state index is -0.178. The Morgan fingerprint density at radius 3 is 2.67 bits per heavy atom. The Bertz CT molecular complexity index is 891. The Morgan fingerprint density at radius 1 is 1.26 bits per heavy atom. The van der Waals surface area contributed by atoms with E-state index in [-0.39, 0.29) is 17.9 Å². The molecule has 0 aromatic heterocycles. The minimum Gasteiger partial charge on any atom is -0.497 e.